The summed E-state index contributed by atoms with van der Waals surface area (Å²) in [4.78, 5) is 40.2. The molecule has 0 saturated carbocycles. The Morgan fingerprint density at radius 2 is 1.77 bits per heavy atom. The number of carbonyl (C=O) groups excluding carboxylic acids is 3. The summed E-state index contributed by atoms with van der Waals surface area (Å²) in [6.07, 6.45) is 5.29. The minimum atomic E-state index is -0.242. The van der Waals surface area contributed by atoms with E-state index in [-0.39, 0.29) is 42.5 Å². The van der Waals surface area contributed by atoms with Crippen LogP contribution in [0.4, 0.5) is 0 Å². The third-order valence-electron chi connectivity index (χ3n) is 5.17. The zero-order valence-electron chi connectivity index (χ0n) is 15.2. The highest BCUT2D eigenvalue weighted by molar-refractivity contribution is 6.05. The van der Waals surface area contributed by atoms with Crippen molar-refractivity contribution in [1.82, 2.24) is 9.80 Å². The fourth-order valence-corrected chi connectivity index (χ4v) is 3.66. The van der Waals surface area contributed by atoms with Crippen molar-refractivity contribution in [2.24, 2.45) is 11.8 Å². The van der Waals surface area contributed by atoms with Crippen molar-refractivity contribution in [2.45, 2.75) is 25.8 Å². The van der Waals surface area contributed by atoms with E-state index in [1.54, 1.807) is 19.1 Å². The van der Waals surface area contributed by atoms with Crippen LogP contribution in [0, 0.1) is 11.8 Å². The highest BCUT2D eigenvalue weighted by Crippen LogP contribution is 2.35. The molecule has 2 aliphatic rings. The van der Waals surface area contributed by atoms with Gasteiger partial charge < -0.3 is 9.64 Å². The summed E-state index contributed by atoms with van der Waals surface area (Å²) in [5.41, 5.74) is 0.913. The van der Waals surface area contributed by atoms with Crippen LogP contribution >= 0.6 is 0 Å². The number of ether oxygens (including phenoxy) is 1. The first-order valence-corrected chi connectivity index (χ1v) is 8.89. The first-order valence-electron chi connectivity index (χ1n) is 8.89. The number of amides is 3. The van der Waals surface area contributed by atoms with Crippen LogP contribution < -0.4 is 4.74 Å². The maximum absolute atomic E-state index is 12.5. The predicted octanol–water partition coefficient (Wildman–Crippen LogP) is 1.99. The lowest BCUT2D eigenvalue weighted by Gasteiger charge is -2.20. The van der Waals surface area contributed by atoms with Crippen LogP contribution in [-0.2, 0) is 20.9 Å². The van der Waals surface area contributed by atoms with Crippen LogP contribution in [0.5, 0.6) is 5.75 Å². The summed E-state index contributed by atoms with van der Waals surface area (Å²) in [7, 11) is 3.31. The van der Waals surface area contributed by atoms with Crippen molar-refractivity contribution < 1.29 is 19.1 Å². The first-order chi connectivity index (χ1) is 12.5. The number of benzene rings is 1. The van der Waals surface area contributed by atoms with E-state index in [0.29, 0.717) is 19.4 Å². The molecule has 6 nitrogen and oxygen atoms in total. The molecule has 1 aliphatic carbocycles. The third-order valence-corrected chi connectivity index (χ3v) is 5.17. The number of carbonyl (C=O) groups is 3. The summed E-state index contributed by atoms with van der Waals surface area (Å²) in [5.74, 6) is -0.130. The Morgan fingerprint density at radius 3 is 2.38 bits per heavy atom. The molecule has 1 aliphatic heterocycles. The Kier molecular flexibility index (Phi) is 5.40. The maximum atomic E-state index is 12.5. The number of methoxy groups -OCH3 is 1. The molecule has 3 amide bonds. The fraction of sp³-hybridized carbons (Fsp3) is 0.450. The molecule has 6 heteroatoms. The van der Waals surface area contributed by atoms with E-state index >= 15 is 0 Å². The molecular formula is C20H24N2O4. The smallest absolute Gasteiger partial charge is 0.233 e. The van der Waals surface area contributed by atoms with Crippen LogP contribution in [0.15, 0.2) is 36.4 Å². The number of allylic oxidation sites excluding steroid dienone is 2. The number of para-hydroxylation sites is 1. The third kappa shape index (κ3) is 3.49. The lowest BCUT2D eigenvalue weighted by Crippen LogP contribution is -2.36. The van der Waals surface area contributed by atoms with Crippen molar-refractivity contribution in [1.29, 1.82) is 0 Å². The van der Waals surface area contributed by atoms with E-state index in [9.17, 15) is 14.4 Å². The van der Waals surface area contributed by atoms with Gasteiger partial charge >= 0.3 is 0 Å². The highest BCUT2D eigenvalue weighted by atomic mass is 16.5. The Balaban J connectivity index is 1.57. The molecule has 0 aromatic heterocycles. The Bertz CT molecular complexity index is 717. The van der Waals surface area contributed by atoms with Gasteiger partial charge in [0.25, 0.3) is 0 Å². The van der Waals surface area contributed by atoms with E-state index in [2.05, 4.69) is 0 Å². The standard InChI is InChI=1S/C20H24N2O4/c1-21(13-14-7-3-6-10-17(14)26-2)18(23)11-12-22-19(24)15-8-4-5-9-16(15)20(22)25/h3-7,10,15-16H,8-9,11-13H2,1-2H3/t15-,16+. The van der Waals surface area contributed by atoms with Gasteiger partial charge in [-0.25, -0.2) is 0 Å². The predicted molar refractivity (Wildman–Crippen MR) is 96.2 cm³/mol. The number of imide groups is 1. The number of nitrogens with zero attached hydrogens (tertiary/aromatic N) is 2. The average Bonchev–Trinajstić information content (AvgIpc) is 2.91. The van der Waals surface area contributed by atoms with E-state index in [0.717, 1.165) is 11.3 Å². The first kappa shape index (κ1) is 18.2. The second kappa shape index (κ2) is 7.72. The molecular weight excluding hydrogens is 332 g/mol. The van der Waals surface area contributed by atoms with Gasteiger partial charge in [0.15, 0.2) is 0 Å². The van der Waals surface area contributed by atoms with Crippen LogP contribution in [0.1, 0.15) is 24.8 Å². The van der Waals surface area contributed by atoms with E-state index in [4.69, 9.17) is 4.74 Å². The summed E-state index contributed by atoms with van der Waals surface area (Å²) in [6, 6.07) is 7.54. The van der Waals surface area contributed by atoms with E-state index in [1.165, 1.54) is 4.90 Å². The molecule has 0 unspecified atom stereocenters. The normalized spacial score (nSPS) is 21.7. The van der Waals surface area contributed by atoms with Gasteiger partial charge in [-0.3, -0.25) is 19.3 Å². The van der Waals surface area contributed by atoms with Gasteiger partial charge in [0, 0.05) is 32.1 Å². The minimum absolute atomic E-state index is 0.107. The Morgan fingerprint density at radius 1 is 1.15 bits per heavy atom. The van der Waals surface area contributed by atoms with Gasteiger partial charge in [0.2, 0.25) is 17.7 Å². The zero-order chi connectivity index (χ0) is 18.7. The van der Waals surface area contributed by atoms with Gasteiger partial charge in [-0.2, -0.15) is 0 Å². The van der Waals surface area contributed by atoms with Crippen molar-refractivity contribution >= 4 is 17.7 Å². The number of hydrogen-bond donors (Lipinski definition) is 0. The van der Waals surface area contributed by atoms with Gasteiger partial charge in [-0.1, -0.05) is 30.4 Å². The molecule has 3 rings (SSSR count). The SMILES string of the molecule is COc1ccccc1CN(C)C(=O)CCN1C(=O)[C@H]2CC=CC[C@H]2C1=O. The molecule has 1 fully saturated rings. The van der Waals surface area contributed by atoms with Gasteiger partial charge in [-0.15, -0.1) is 0 Å². The second-order valence-electron chi connectivity index (χ2n) is 6.80. The lowest BCUT2D eigenvalue weighted by atomic mass is 9.85. The molecule has 0 spiro atoms. The molecule has 1 aromatic rings. The molecule has 0 N–H and O–H groups in total. The van der Waals surface area contributed by atoms with Crippen LogP contribution in [-0.4, -0.2) is 48.2 Å². The lowest BCUT2D eigenvalue weighted by molar-refractivity contribution is -0.140. The minimum Gasteiger partial charge on any atom is -0.496 e. The topological polar surface area (TPSA) is 66.9 Å². The van der Waals surface area contributed by atoms with E-state index < -0.39 is 0 Å². The molecule has 1 saturated heterocycles. The summed E-state index contributed by atoms with van der Waals surface area (Å²) in [6.45, 7) is 0.569. The molecule has 26 heavy (non-hydrogen) atoms. The monoisotopic (exact) mass is 356 g/mol. The summed E-state index contributed by atoms with van der Waals surface area (Å²) < 4.78 is 5.31. The van der Waals surface area contributed by atoms with Crippen LogP contribution in [0.25, 0.3) is 0 Å². The van der Waals surface area contributed by atoms with Crippen molar-refractivity contribution in [3.63, 3.8) is 0 Å². The van der Waals surface area contributed by atoms with Crippen LogP contribution in [0.3, 0.4) is 0 Å². The second-order valence-corrected chi connectivity index (χ2v) is 6.80. The molecule has 138 valence electrons. The van der Waals surface area contributed by atoms with Crippen molar-refractivity contribution in [3.05, 3.63) is 42.0 Å². The largest absolute Gasteiger partial charge is 0.496 e. The van der Waals surface area contributed by atoms with Gasteiger partial charge in [0.05, 0.1) is 18.9 Å². The zero-order valence-corrected chi connectivity index (χ0v) is 15.2. The van der Waals surface area contributed by atoms with E-state index in [1.807, 2.05) is 36.4 Å². The van der Waals surface area contributed by atoms with Gasteiger partial charge in [-0.05, 0) is 18.9 Å². The summed E-state index contributed by atoms with van der Waals surface area (Å²) in [5, 5.41) is 0. The maximum Gasteiger partial charge on any atom is 0.233 e. The number of rotatable bonds is 6. The fourth-order valence-electron chi connectivity index (χ4n) is 3.66. The highest BCUT2D eigenvalue weighted by Gasteiger charge is 2.46. The quantitative estimate of drug-likeness (QED) is 0.578. The molecule has 2 atom stereocenters. The molecule has 0 bridgehead atoms. The molecule has 1 heterocycles. The van der Waals surface area contributed by atoms with Crippen molar-refractivity contribution in [3.8, 4) is 5.75 Å². The number of likely N-dealkylation sites (tertiary alicyclic amines) is 1. The number of fused-ring (bicyclic) bond motifs is 1. The number of hydrogen-bond acceptors (Lipinski definition) is 4. The van der Waals surface area contributed by atoms with Gasteiger partial charge in [0.1, 0.15) is 5.75 Å². The Labute approximate surface area is 153 Å². The molecule has 0 radical (unpaired) electrons. The van der Waals surface area contributed by atoms with Crippen LogP contribution in [0.2, 0.25) is 0 Å². The summed E-state index contributed by atoms with van der Waals surface area (Å²) >= 11 is 0. The average molecular weight is 356 g/mol. The Hall–Kier alpha value is -2.63. The van der Waals surface area contributed by atoms with Crippen molar-refractivity contribution in [2.75, 3.05) is 20.7 Å². The molecule has 1 aromatic carbocycles.